The molecule has 0 aliphatic rings. The number of hydrogen-bond acceptors (Lipinski definition) is 7. The Morgan fingerprint density at radius 2 is 1.72 bits per heavy atom. The Morgan fingerprint density at radius 1 is 1.00 bits per heavy atom. The molecule has 0 fully saturated rings. The monoisotopic (exact) mass is 504 g/mol. The maximum atomic E-state index is 12.5. The molecule has 0 spiro atoms. The lowest BCUT2D eigenvalue weighted by atomic mass is 9.78. The Labute approximate surface area is 214 Å². The van der Waals surface area contributed by atoms with Gasteiger partial charge in [0.1, 0.15) is 18.1 Å². The smallest absolute Gasteiger partial charge is 0.311 e. The van der Waals surface area contributed by atoms with Gasteiger partial charge in [0.25, 0.3) is 5.91 Å². The van der Waals surface area contributed by atoms with Gasteiger partial charge in [0.2, 0.25) is 0 Å². The summed E-state index contributed by atoms with van der Waals surface area (Å²) in [7, 11) is 0. The summed E-state index contributed by atoms with van der Waals surface area (Å²) in [4.78, 5) is 28.3. The molecule has 0 aliphatic heterocycles. The van der Waals surface area contributed by atoms with Crippen molar-refractivity contribution in [2.75, 3.05) is 11.9 Å². The van der Waals surface area contributed by atoms with Crippen molar-refractivity contribution in [2.24, 2.45) is 0 Å². The number of carbonyl (C=O) groups is 2. The maximum absolute atomic E-state index is 12.5. The van der Waals surface area contributed by atoms with Crippen LogP contribution in [0.3, 0.4) is 0 Å². The fourth-order valence-corrected chi connectivity index (χ4v) is 4.39. The fourth-order valence-electron chi connectivity index (χ4n) is 3.69. The second-order valence-electron chi connectivity index (χ2n) is 8.65. The van der Waals surface area contributed by atoms with Gasteiger partial charge < -0.3 is 13.9 Å². The van der Waals surface area contributed by atoms with Crippen LogP contribution in [0.25, 0.3) is 0 Å². The van der Waals surface area contributed by atoms with Gasteiger partial charge in [-0.25, -0.2) is 4.98 Å². The SMILES string of the molecule is CCOC(=O)Cc1csc(NC(=O)c2ccc(COc3ccc(C(C)(C)c4ccccc4)cc3)o2)n1. The van der Waals surface area contributed by atoms with E-state index in [1.54, 1.807) is 24.4 Å². The zero-order chi connectivity index (χ0) is 25.5. The van der Waals surface area contributed by atoms with E-state index in [0.29, 0.717) is 28.9 Å². The quantitative estimate of drug-likeness (QED) is 0.267. The van der Waals surface area contributed by atoms with E-state index >= 15 is 0 Å². The molecule has 1 N–H and O–H groups in total. The molecule has 7 nitrogen and oxygen atoms in total. The van der Waals surface area contributed by atoms with Crippen LogP contribution >= 0.6 is 11.3 Å². The highest BCUT2D eigenvalue weighted by Gasteiger charge is 2.22. The first kappa shape index (κ1) is 25.2. The minimum absolute atomic E-state index is 0.0627. The zero-order valence-electron chi connectivity index (χ0n) is 20.4. The van der Waals surface area contributed by atoms with Crippen LogP contribution in [0, 0.1) is 0 Å². The number of ether oxygens (including phenoxy) is 2. The largest absolute Gasteiger partial charge is 0.486 e. The predicted molar refractivity (Wildman–Crippen MR) is 138 cm³/mol. The summed E-state index contributed by atoms with van der Waals surface area (Å²) in [6.45, 7) is 6.64. The fraction of sp³-hybridized carbons (Fsp3) is 0.250. The van der Waals surface area contributed by atoms with Crippen molar-refractivity contribution in [1.82, 2.24) is 4.98 Å². The van der Waals surface area contributed by atoms with Gasteiger partial charge >= 0.3 is 5.97 Å². The number of carbonyl (C=O) groups excluding carboxylic acids is 2. The number of nitrogens with zero attached hydrogens (tertiary/aromatic N) is 1. The number of anilines is 1. The van der Waals surface area contributed by atoms with E-state index in [2.05, 4.69) is 48.4 Å². The highest BCUT2D eigenvalue weighted by molar-refractivity contribution is 7.14. The van der Waals surface area contributed by atoms with E-state index in [1.807, 2.05) is 30.3 Å². The molecule has 0 unspecified atom stereocenters. The predicted octanol–water partition coefficient (Wildman–Crippen LogP) is 6.00. The van der Waals surface area contributed by atoms with Crippen molar-refractivity contribution in [3.63, 3.8) is 0 Å². The van der Waals surface area contributed by atoms with Crippen molar-refractivity contribution >= 4 is 28.3 Å². The molecule has 2 aromatic carbocycles. The summed E-state index contributed by atoms with van der Waals surface area (Å²) < 4.78 is 16.4. The van der Waals surface area contributed by atoms with E-state index in [0.717, 1.165) is 0 Å². The summed E-state index contributed by atoms with van der Waals surface area (Å²) in [6.07, 6.45) is 0.0627. The van der Waals surface area contributed by atoms with Gasteiger partial charge in [0, 0.05) is 10.8 Å². The Hall–Kier alpha value is -3.91. The third-order valence-electron chi connectivity index (χ3n) is 5.74. The number of amides is 1. The van der Waals surface area contributed by atoms with E-state index in [-0.39, 0.29) is 30.2 Å². The average Bonchev–Trinajstić information content (AvgIpc) is 3.53. The third-order valence-corrected chi connectivity index (χ3v) is 6.55. The number of thiazole rings is 1. The number of nitrogens with one attached hydrogen (secondary N) is 1. The lowest BCUT2D eigenvalue weighted by molar-refractivity contribution is -0.142. The maximum Gasteiger partial charge on any atom is 0.311 e. The summed E-state index contributed by atoms with van der Waals surface area (Å²) in [5.41, 5.74) is 2.85. The minimum Gasteiger partial charge on any atom is -0.486 e. The number of benzene rings is 2. The topological polar surface area (TPSA) is 90.7 Å². The Morgan fingerprint density at radius 3 is 2.44 bits per heavy atom. The van der Waals surface area contributed by atoms with Crippen LogP contribution in [0.2, 0.25) is 0 Å². The molecule has 0 bridgehead atoms. The van der Waals surface area contributed by atoms with Gasteiger partial charge in [0.15, 0.2) is 10.9 Å². The zero-order valence-corrected chi connectivity index (χ0v) is 21.3. The molecule has 8 heteroatoms. The molecule has 2 heterocycles. The molecule has 0 saturated carbocycles. The van der Waals surface area contributed by atoms with Gasteiger partial charge in [-0.05, 0) is 42.3 Å². The van der Waals surface area contributed by atoms with Crippen molar-refractivity contribution in [1.29, 1.82) is 0 Å². The third kappa shape index (κ3) is 6.20. The lowest BCUT2D eigenvalue weighted by Crippen LogP contribution is -2.18. The number of furan rings is 1. The lowest BCUT2D eigenvalue weighted by Gasteiger charge is -2.26. The summed E-state index contributed by atoms with van der Waals surface area (Å²) in [5, 5.41) is 4.78. The Balaban J connectivity index is 1.31. The molecular formula is C28H28N2O5S. The van der Waals surface area contributed by atoms with E-state index in [4.69, 9.17) is 13.9 Å². The summed E-state index contributed by atoms with van der Waals surface area (Å²) in [5.74, 6) is 0.602. The number of hydrogen-bond donors (Lipinski definition) is 1. The summed E-state index contributed by atoms with van der Waals surface area (Å²) in [6, 6.07) is 21.7. The van der Waals surface area contributed by atoms with Gasteiger partial charge in [-0.15, -0.1) is 11.3 Å². The molecular weight excluding hydrogens is 476 g/mol. The number of esters is 1. The second-order valence-corrected chi connectivity index (χ2v) is 9.51. The van der Waals surface area contributed by atoms with Gasteiger partial charge in [-0.1, -0.05) is 56.3 Å². The normalized spacial score (nSPS) is 11.2. The van der Waals surface area contributed by atoms with Crippen LogP contribution in [-0.2, 0) is 28.0 Å². The molecule has 0 aliphatic carbocycles. The first-order valence-electron chi connectivity index (χ1n) is 11.6. The van der Waals surface area contributed by atoms with Crippen molar-refractivity contribution < 1.29 is 23.5 Å². The van der Waals surface area contributed by atoms with E-state index < -0.39 is 5.91 Å². The van der Waals surface area contributed by atoms with Gasteiger partial charge in [0.05, 0.1) is 18.7 Å². The highest BCUT2D eigenvalue weighted by atomic mass is 32.1. The van der Waals surface area contributed by atoms with Crippen molar-refractivity contribution in [3.05, 3.63) is 100 Å². The van der Waals surface area contributed by atoms with Crippen LogP contribution in [0.15, 0.2) is 76.5 Å². The van der Waals surface area contributed by atoms with Crippen LogP contribution < -0.4 is 10.1 Å². The molecule has 0 saturated heterocycles. The van der Waals surface area contributed by atoms with Crippen LogP contribution in [-0.4, -0.2) is 23.5 Å². The molecule has 1 amide bonds. The van der Waals surface area contributed by atoms with Gasteiger partial charge in [-0.3, -0.25) is 14.9 Å². The highest BCUT2D eigenvalue weighted by Crippen LogP contribution is 2.32. The summed E-state index contributed by atoms with van der Waals surface area (Å²) >= 11 is 1.23. The van der Waals surface area contributed by atoms with E-state index in [9.17, 15) is 9.59 Å². The Bertz CT molecular complexity index is 1310. The Kier molecular flexibility index (Phi) is 7.85. The molecule has 4 aromatic rings. The molecule has 4 rings (SSSR count). The molecule has 0 radical (unpaired) electrons. The van der Waals surface area contributed by atoms with Crippen molar-refractivity contribution in [3.8, 4) is 5.75 Å². The average molecular weight is 505 g/mol. The first-order valence-corrected chi connectivity index (χ1v) is 12.5. The van der Waals surface area contributed by atoms with E-state index in [1.165, 1.54) is 22.5 Å². The second kappa shape index (κ2) is 11.2. The number of aromatic nitrogens is 1. The van der Waals surface area contributed by atoms with Crippen LogP contribution in [0.5, 0.6) is 5.75 Å². The number of rotatable bonds is 10. The molecule has 186 valence electrons. The van der Waals surface area contributed by atoms with Crippen LogP contribution in [0.1, 0.15) is 53.9 Å². The van der Waals surface area contributed by atoms with Crippen LogP contribution in [0.4, 0.5) is 5.13 Å². The first-order chi connectivity index (χ1) is 17.3. The standard InChI is InChI=1S/C28H28N2O5S/c1-4-33-25(31)16-21-18-36-27(29-21)30-26(32)24-15-14-23(35-24)17-34-22-12-10-20(11-13-22)28(2,3)19-8-6-5-7-9-19/h5-15,18H,4,16-17H2,1-3H3,(H,29,30,32). The minimum atomic E-state index is -0.425. The van der Waals surface area contributed by atoms with Gasteiger partial charge in [-0.2, -0.15) is 0 Å². The van der Waals surface area contributed by atoms with Crippen molar-refractivity contribution in [2.45, 2.75) is 39.2 Å². The molecule has 36 heavy (non-hydrogen) atoms. The molecule has 2 aromatic heterocycles. The molecule has 0 atom stereocenters.